The maximum absolute atomic E-state index is 3.74. The van der Waals surface area contributed by atoms with Crippen molar-refractivity contribution in [3.63, 3.8) is 0 Å². The molecule has 0 amide bonds. The van der Waals surface area contributed by atoms with Gasteiger partial charge in [0, 0.05) is 4.48 Å². The second-order valence-corrected chi connectivity index (χ2v) is 5.58. The van der Waals surface area contributed by atoms with Gasteiger partial charge in [0.05, 0.1) is 0 Å². The third kappa shape index (κ3) is 6.38. The Kier molecular flexibility index (Phi) is 10.1. The Hall–Kier alpha value is -1.08. The summed E-state index contributed by atoms with van der Waals surface area (Å²) in [5, 5.41) is 0. The van der Waals surface area contributed by atoms with Gasteiger partial charge in [-0.25, -0.2) is 0 Å². The number of halogens is 1. The minimum atomic E-state index is 1.03. The minimum Gasteiger partial charge on any atom is -0.0991 e. The fourth-order valence-electron chi connectivity index (χ4n) is 1.94. The standard InChI is InChI=1S/C19H27Br/c1-7-11-12-16(6)18(10-4)19(15(5)8-2)14-13-17(20)9-3/h7,9,11-14H,1,8,10H2,2-6H3/b12-11-,14-13-,17-9+,18-16+,19-15?. The van der Waals surface area contributed by atoms with Gasteiger partial charge >= 0.3 is 0 Å². The van der Waals surface area contributed by atoms with Gasteiger partial charge in [-0.3, -0.25) is 0 Å². The fourth-order valence-corrected chi connectivity index (χ4v) is 2.08. The third-order valence-corrected chi connectivity index (χ3v) is 4.03. The van der Waals surface area contributed by atoms with Crippen LogP contribution in [0.1, 0.15) is 47.5 Å². The second kappa shape index (κ2) is 10.7. The number of hydrogen-bond donors (Lipinski definition) is 0. The van der Waals surface area contributed by atoms with Crippen molar-refractivity contribution in [2.45, 2.75) is 47.5 Å². The van der Waals surface area contributed by atoms with Crippen molar-refractivity contribution in [3.8, 4) is 0 Å². The van der Waals surface area contributed by atoms with Crippen LogP contribution in [0.15, 0.2) is 69.8 Å². The van der Waals surface area contributed by atoms with E-state index in [0.29, 0.717) is 0 Å². The lowest BCUT2D eigenvalue weighted by Crippen LogP contribution is -1.94. The fraction of sp³-hybridized carbons (Fsp3) is 0.368. The molecule has 0 aromatic carbocycles. The van der Waals surface area contributed by atoms with Crippen molar-refractivity contribution in [2.24, 2.45) is 0 Å². The summed E-state index contributed by atoms with van der Waals surface area (Å²) in [6, 6.07) is 0. The molecule has 0 heterocycles. The first-order valence-electron chi connectivity index (χ1n) is 7.20. The predicted octanol–water partition coefficient (Wildman–Crippen LogP) is 7.04. The van der Waals surface area contributed by atoms with Crippen molar-refractivity contribution in [1.82, 2.24) is 0 Å². The van der Waals surface area contributed by atoms with Gasteiger partial charge in [0.2, 0.25) is 0 Å². The monoisotopic (exact) mass is 334 g/mol. The molecule has 110 valence electrons. The zero-order chi connectivity index (χ0) is 15.5. The van der Waals surface area contributed by atoms with E-state index in [1.165, 1.54) is 22.3 Å². The molecular weight excluding hydrogens is 308 g/mol. The van der Waals surface area contributed by atoms with Crippen LogP contribution in [0.5, 0.6) is 0 Å². The maximum atomic E-state index is 3.74. The van der Waals surface area contributed by atoms with Gasteiger partial charge in [-0.2, -0.15) is 0 Å². The van der Waals surface area contributed by atoms with E-state index in [0.717, 1.165) is 17.3 Å². The summed E-state index contributed by atoms with van der Waals surface area (Å²) in [6.45, 7) is 14.6. The van der Waals surface area contributed by atoms with Crippen LogP contribution in [0.4, 0.5) is 0 Å². The van der Waals surface area contributed by atoms with Crippen LogP contribution in [0.3, 0.4) is 0 Å². The minimum absolute atomic E-state index is 1.03. The average molecular weight is 335 g/mol. The van der Waals surface area contributed by atoms with Crippen molar-refractivity contribution < 1.29 is 0 Å². The highest BCUT2D eigenvalue weighted by atomic mass is 79.9. The predicted molar refractivity (Wildman–Crippen MR) is 97.1 cm³/mol. The van der Waals surface area contributed by atoms with Crippen LogP contribution >= 0.6 is 15.9 Å². The Morgan fingerprint density at radius 3 is 2.15 bits per heavy atom. The summed E-state index contributed by atoms with van der Waals surface area (Å²) < 4.78 is 1.11. The zero-order valence-corrected chi connectivity index (χ0v) is 15.0. The average Bonchev–Trinajstić information content (AvgIpc) is 2.47. The smallest absolute Gasteiger partial charge is 0.0132 e. The van der Waals surface area contributed by atoms with Gasteiger partial charge < -0.3 is 0 Å². The molecule has 0 radical (unpaired) electrons. The summed E-state index contributed by atoms with van der Waals surface area (Å²) in [5.74, 6) is 0. The summed E-state index contributed by atoms with van der Waals surface area (Å²) in [7, 11) is 0. The zero-order valence-electron chi connectivity index (χ0n) is 13.5. The molecule has 0 spiro atoms. The molecule has 0 rings (SSSR count). The quantitative estimate of drug-likeness (QED) is 0.438. The normalized spacial score (nSPS) is 15.6. The highest BCUT2D eigenvalue weighted by Crippen LogP contribution is 2.26. The van der Waals surface area contributed by atoms with Gasteiger partial charge in [0.25, 0.3) is 0 Å². The molecule has 0 aliphatic heterocycles. The molecule has 0 aliphatic carbocycles. The van der Waals surface area contributed by atoms with Crippen LogP contribution in [0, 0.1) is 0 Å². The number of allylic oxidation sites excluding steroid dienone is 11. The molecule has 0 aromatic heterocycles. The Bertz CT molecular complexity index is 468. The first-order chi connectivity index (χ1) is 9.51. The number of hydrogen-bond acceptors (Lipinski definition) is 0. The molecular formula is C19H27Br. The van der Waals surface area contributed by atoms with Gasteiger partial charge in [0.15, 0.2) is 0 Å². The molecule has 0 aliphatic rings. The molecule has 0 bridgehead atoms. The van der Waals surface area contributed by atoms with Crippen LogP contribution in [-0.2, 0) is 0 Å². The van der Waals surface area contributed by atoms with Crippen LogP contribution in [-0.4, -0.2) is 0 Å². The molecule has 0 saturated carbocycles. The van der Waals surface area contributed by atoms with E-state index < -0.39 is 0 Å². The summed E-state index contributed by atoms with van der Waals surface area (Å²) in [4.78, 5) is 0. The summed E-state index contributed by atoms with van der Waals surface area (Å²) >= 11 is 3.53. The molecule has 0 saturated heterocycles. The second-order valence-electron chi connectivity index (χ2n) is 4.66. The highest BCUT2D eigenvalue weighted by molar-refractivity contribution is 9.11. The van der Waals surface area contributed by atoms with Crippen LogP contribution in [0.25, 0.3) is 0 Å². The molecule has 0 atom stereocenters. The SMILES string of the molecule is C=C/C=C\C(C)=C(/CC)C(/C=C\C(Br)=C/C)=C(C)CC. The highest BCUT2D eigenvalue weighted by Gasteiger charge is 2.06. The molecule has 0 aromatic rings. The van der Waals surface area contributed by atoms with Crippen molar-refractivity contribution in [3.05, 3.63) is 69.8 Å². The Balaban J connectivity index is 5.81. The van der Waals surface area contributed by atoms with E-state index >= 15 is 0 Å². The van der Waals surface area contributed by atoms with Gasteiger partial charge in [0.1, 0.15) is 0 Å². The number of rotatable bonds is 7. The first kappa shape index (κ1) is 18.9. The van der Waals surface area contributed by atoms with Crippen molar-refractivity contribution >= 4 is 15.9 Å². The third-order valence-electron chi connectivity index (χ3n) is 3.31. The van der Waals surface area contributed by atoms with E-state index in [-0.39, 0.29) is 0 Å². The van der Waals surface area contributed by atoms with E-state index in [1.54, 1.807) is 0 Å². The molecule has 0 unspecified atom stereocenters. The Morgan fingerprint density at radius 1 is 1.05 bits per heavy atom. The first-order valence-corrected chi connectivity index (χ1v) is 7.99. The van der Waals surface area contributed by atoms with Crippen LogP contribution in [0.2, 0.25) is 0 Å². The lowest BCUT2D eigenvalue weighted by molar-refractivity contribution is 1.03. The lowest BCUT2D eigenvalue weighted by Gasteiger charge is -2.13. The van der Waals surface area contributed by atoms with E-state index in [9.17, 15) is 0 Å². The molecule has 20 heavy (non-hydrogen) atoms. The van der Waals surface area contributed by atoms with Crippen molar-refractivity contribution in [2.75, 3.05) is 0 Å². The van der Waals surface area contributed by atoms with Gasteiger partial charge in [-0.05, 0) is 56.4 Å². The Morgan fingerprint density at radius 2 is 1.70 bits per heavy atom. The van der Waals surface area contributed by atoms with Crippen LogP contribution < -0.4 is 0 Å². The van der Waals surface area contributed by atoms with Gasteiger partial charge in [-0.1, -0.05) is 72.3 Å². The largest absolute Gasteiger partial charge is 0.0991 e. The van der Waals surface area contributed by atoms with E-state index in [4.69, 9.17) is 0 Å². The van der Waals surface area contributed by atoms with Crippen molar-refractivity contribution in [1.29, 1.82) is 0 Å². The molecule has 0 nitrogen and oxygen atoms in total. The lowest BCUT2D eigenvalue weighted by atomic mass is 9.92. The van der Waals surface area contributed by atoms with E-state index in [1.807, 2.05) is 19.1 Å². The topological polar surface area (TPSA) is 0 Å². The van der Waals surface area contributed by atoms with Gasteiger partial charge in [-0.15, -0.1) is 0 Å². The molecule has 1 heteroatoms. The Labute approximate surface area is 133 Å². The molecule has 0 N–H and O–H groups in total. The molecule has 0 fully saturated rings. The summed E-state index contributed by atoms with van der Waals surface area (Å²) in [6.07, 6.45) is 14.4. The van der Waals surface area contributed by atoms with E-state index in [2.05, 4.69) is 74.5 Å². The summed E-state index contributed by atoms with van der Waals surface area (Å²) in [5.41, 5.74) is 5.47. The maximum Gasteiger partial charge on any atom is 0.0132 e.